The molecule has 8 heteroatoms. The maximum atomic E-state index is 13.4. The van der Waals surface area contributed by atoms with Crippen LogP contribution in [0.5, 0.6) is 5.75 Å². The summed E-state index contributed by atoms with van der Waals surface area (Å²) in [7, 11) is 0. The predicted octanol–water partition coefficient (Wildman–Crippen LogP) is 0.935. The highest BCUT2D eigenvalue weighted by Gasteiger charge is 2.17. The van der Waals surface area contributed by atoms with E-state index in [-0.39, 0.29) is 18.3 Å². The molecule has 1 aromatic carbocycles. The van der Waals surface area contributed by atoms with Crippen LogP contribution in [0.1, 0.15) is 6.42 Å². The van der Waals surface area contributed by atoms with E-state index in [0.29, 0.717) is 13.1 Å². The quantitative estimate of drug-likeness (QED) is 0.660. The Kier molecular flexibility index (Phi) is 5.04. The zero-order chi connectivity index (χ0) is 15.2. The highest BCUT2D eigenvalue weighted by atomic mass is 19.1. The van der Waals surface area contributed by atoms with Gasteiger partial charge in [-0.15, -0.1) is 0 Å². The van der Waals surface area contributed by atoms with Gasteiger partial charge in [0, 0.05) is 31.8 Å². The third kappa shape index (κ3) is 4.12. The van der Waals surface area contributed by atoms with E-state index in [2.05, 4.69) is 5.32 Å². The predicted molar refractivity (Wildman–Crippen MR) is 72.6 cm³/mol. The molecule has 1 amide bonds. The molecule has 0 aliphatic carbocycles. The van der Waals surface area contributed by atoms with Crippen molar-refractivity contribution < 1.29 is 18.8 Å². The molecule has 2 rings (SSSR count). The van der Waals surface area contributed by atoms with Crippen molar-refractivity contribution in [3.8, 4) is 5.75 Å². The Bertz CT molecular complexity index is 530. The Morgan fingerprint density at radius 2 is 2.24 bits per heavy atom. The second-order valence-corrected chi connectivity index (χ2v) is 4.64. The molecule has 21 heavy (non-hydrogen) atoms. The van der Waals surface area contributed by atoms with Crippen molar-refractivity contribution in [1.29, 1.82) is 0 Å². The normalized spacial score (nSPS) is 15.4. The molecule has 1 heterocycles. The van der Waals surface area contributed by atoms with Gasteiger partial charge in [-0.05, 0) is 19.0 Å². The Morgan fingerprint density at radius 1 is 1.43 bits per heavy atom. The van der Waals surface area contributed by atoms with Crippen LogP contribution in [0, 0.1) is 15.9 Å². The third-order valence-electron chi connectivity index (χ3n) is 3.17. The number of amides is 1. The van der Waals surface area contributed by atoms with E-state index in [1.165, 1.54) is 6.07 Å². The second kappa shape index (κ2) is 6.98. The van der Waals surface area contributed by atoms with Crippen LogP contribution in [-0.4, -0.2) is 48.5 Å². The second-order valence-electron chi connectivity index (χ2n) is 4.64. The smallest absolute Gasteiger partial charge is 0.305 e. The lowest BCUT2D eigenvalue weighted by atomic mass is 10.3. The number of carbonyl (C=O) groups is 1. The van der Waals surface area contributed by atoms with Gasteiger partial charge in [-0.2, -0.15) is 4.39 Å². The molecule has 0 saturated carbocycles. The first-order valence-corrected chi connectivity index (χ1v) is 6.63. The maximum Gasteiger partial charge on any atom is 0.305 e. The lowest BCUT2D eigenvalue weighted by molar-refractivity contribution is -0.387. The molecule has 0 spiro atoms. The van der Waals surface area contributed by atoms with Crippen molar-refractivity contribution in [2.45, 2.75) is 6.42 Å². The van der Waals surface area contributed by atoms with Crippen LogP contribution in [0.4, 0.5) is 10.1 Å². The molecular formula is C13H16FN3O4. The number of hydrogen-bond donors (Lipinski definition) is 1. The topological polar surface area (TPSA) is 84.7 Å². The molecule has 0 radical (unpaired) electrons. The van der Waals surface area contributed by atoms with Gasteiger partial charge in [0.25, 0.3) is 5.91 Å². The van der Waals surface area contributed by atoms with Crippen molar-refractivity contribution >= 4 is 11.6 Å². The molecule has 0 unspecified atom stereocenters. The molecular weight excluding hydrogens is 281 g/mol. The molecule has 114 valence electrons. The summed E-state index contributed by atoms with van der Waals surface area (Å²) in [5, 5.41) is 13.7. The molecule has 0 atom stereocenters. The van der Waals surface area contributed by atoms with E-state index in [1.54, 1.807) is 4.90 Å². The van der Waals surface area contributed by atoms with Crippen molar-refractivity contribution in [1.82, 2.24) is 10.2 Å². The molecule has 1 aliphatic heterocycles. The first-order valence-electron chi connectivity index (χ1n) is 6.63. The SMILES string of the molecule is O=C(COc1ccc([N+](=O)[O-])c(F)c1)N1CCCNCC1. The summed E-state index contributed by atoms with van der Waals surface area (Å²) in [5.74, 6) is -1.07. The van der Waals surface area contributed by atoms with E-state index < -0.39 is 16.4 Å². The summed E-state index contributed by atoms with van der Waals surface area (Å²) < 4.78 is 18.6. The molecule has 1 aromatic rings. The summed E-state index contributed by atoms with van der Waals surface area (Å²) >= 11 is 0. The first kappa shape index (κ1) is 15.2. The zero-order valence-electron chi connectivity index (χ0n) is 11.4. The number of nitro groups is 1. The van der Waals surface area contributed by atoms with Crippen LogP contribution < -0.4 is 10.1 Å². The highest BCUT2D eigenvalue weighted by molar-refractivity contribution is 5.77. The van der Waals surface area contributed by atoms with Gasteiger partial charge in [0.1, 0.15) is 5.75 Å². The Morgan fingerprint density at radius 3 is 2.95 bits per heavy atom. The summed E-state index contributed by atoms with van der Waals surface area (Å²) in [6.45, 7) is 2.66. The van der Waals surface area contributed by atoms with Gasteiger partial charge in [0.15, 0.2) is 6.61 Å². The van der Waals surface area contributed by atoms with E-state index in [1.807, 2.05) is 0 Å². The van der Waals surface area contributed by atoms with Crippen molar-refractivity contribution in [3.63, 3.8) is 0 Å². The maximum absolute atomic E-state index is 13.4. The molecule has 1 fully saturated rings. The number of hydrogen-bond acceptors (Lipinski definition) is 5. The number of nitrogens with one attached hydrogen (secondary N) is 1. The average Bonchev–Trinajstić information content (AvgIpc) is 2.73. The van der Waals surface area contributed by atoms with Gasteiger partial charge in [0.2, 0.25) is 5.82 Å². The first-order chi connectivity index (χ1) is 10.1. The molecule has 7 nitrogen and oxygen atoms in total. The minimum atomic E-state index is -0.982. The average molecular weight is 297 g/mol. The van der Waals surface area contributed by atoms with E-state index in [9.17, 15) is 19.3 Å². The van der Waals surface area contributed by atoms with Crippen LogP contribution >= 0.6 is 0 Å². The van der Waals surface area contributed by atoms with Crippen LogP contribution in [-0.2, 0) is 4.79 Å². The Hall–Kier alpha value is -2.22. The molecule has 0 bridgehead atoms. The van der Waals surface area contributed by atoms with Gasteiger partial charge in [0.05, 0.1) is 4.92 Å². The van der Waals surface area contributed by atoms with E-state index in [0.717, 1.165) is 31.6 Å². The molecule has 0 aromatic heterocycles. The van der Waals surface area contributed by atoms with Crippen LogP contribution in [0.2, 0.25) is 0 Å². The summed E-state index contributed by atoms with van der Waals surface area (Å²) in [4.78, 5) is 23.3. The minimum Gasteiger partial charge on any atom is -0.484 e. The third-order valence-corrected chi connectivity index (χ3v) is 3.17. The van der Waals surface area contributed by atoms with Gasteiger partial charge in [-0.25, -0.2) is 0 Å². The van der Waals surface area contributed by atoms with Crippen LogP contribution in [0.15, 0.2) is 18.2 Å². The van der Waals surface area contributed by atoms with Crippen LogP contribution in [0.3, 0.4) is 0 Å². The monoisotopic (exact) mass is 297 g/mol. The summed E-state index contributed by atoms with van der Waals surface area (Å²) in [6.07, 6.45) is 0.873. The fraction of sp³-hybridized carbons (Fsp3) is 0.462. The Labute approximate surface area is 120 Å². The number of benzene rings is 1. The minimum absolute atomic E-state index is 0.0967. The van der Waals surface area contributed by atoms with Gasteiger partial charge < -0.3 is 15.0 Å². The molecule has 1 saturated heterocycles. The van der Waals surface area contributed by atoms with Crippen molar-refractivity contribution in [3.05, 3.63) is 34.1 Å². The number of carbonyl (C=O) groups excluding carboxylic acids is 1. The van der Waals surface area contributed by atoms with Gasteiger partial charge in [-0.3, -0.25) is 14.9 Å². The van der Waals surface area contributed by atoms with Gasteiger partial charge in [-0.1, -0.05) is 0 Å². The lowest BCUT2D eigenvalue weighted by Crippen LogP contribution is -2.37. The number of nitro benzene ring substituents is 1. The number of nitrogens with zero attached hydrogens (tertiary/aromatic N) is 2. The number of ether oxygens (including phenoxy) is 1. The fourth-order valence-corrected chi connectivity index (χ4v) is 2.06. The van der Waals surface area contributed by atoms with Crippen molar-refractivity contribution in [2.75, 3.05) is 32.8 Å². The number of halogens is 1. The highest BCUT2D eigenvalue weighted by Crippen LogP contribution is 2.22. The largest absolute Gasteiger partial charge is 0.484 e. The lowest BCUT2D eigenvalue weighted by Gasteiger charge is -2.19. The number of rotatable bonds is 4. The van der Waals surface area contributed by atoms with E-state index >= 15 is 0 Å². The molecule has 1 N–H and O–H groups in total. The zero-order valence-corrected chi connectivity index (χ0v) is 11.4. The van der Waals surface area contributed by atoms with Gasteiger partial charge >= 0.3 is 5.69 Å². The Balaban J connectivity index is 1.91. The van der Waals surface area contributed by atoms with Crippen molar-refractivity contribution in [2.24, 2.45) is 0 Å². The van der Waals surface area contributed by atoms with Crippen LogP contribution in [0.25, 0.3) is 0 Å². The van der Waals surface area contributed by atoms with E-state index in [4.69, 9.17) is 4.74 Å². The summed E-state index contributed by atoms with van der Waals surface area (Å²) in [5.41, 5.74) is -0.618. The summed E-state index contributed by atoms with van der Waals surface area (Å²) in [6, 6.07) is 3.21. The molecule has 1 aliphatic rings. The fourth-order valence-electron chi connectivity index (χ4n) is 2.06. The standard InChI is InChI=1S/C13H16FN3O4/c14-11-8-10(2-3-12(11)17(19)20)21-9-13(18)16-6-1-4-15-5-7-16/h2-3,8,15H,1,4-7,9H2.